The highest BCUT2D eigenvalue weighted by atomic mass is 16.5. The lowest BCUT2D eigenvalue weighted by Gasteiger charge is -2.34. The molecule has 0 aliphatic carbocycles. The zero-order chi connectivity index (χ0) is 9.97. The molecule has 76 valence electrons. The van der Waals surface area contributed by atoms with Gasteiger partial charge in [0.05, 0.1) is 31.1 Å². The number of anilines is 2. The molecule has 1 aliphatic rings. The summed E-state index contributed by atoms with van der Waals surface area (Å²) in [4.78, 5) is 6.54. The second-order valence-corrected chi connectivity index (χ2v) is 3.57. The van der Waals surface area contributed by atoms with E-state index in [0.29, 0.717) is 11.7 Å². The van der Waals surface area contributed by atoms with Crippen molar-refractivity contribution in [3.05, 3.63) is 18.3 Å². The van der Waals surface area contributed by atoms with Crippen molar-refractivity contribution < 1.29 is 4.74 Å². The number of aromatic nitrogens is 1. The van der Waals surface area contributed by atoms with E-state index in [1.165, 1.54) is 0 Å². The van der Waals surface area contributed by atoms with Gasteiger partial charge in [-0.05, 0) is 19.1 Å². The van der Waals surface area contributed by atoms with Gasteiger partial charge in [0.2, 0.25) is 0 Å². The Balaban J connectivity index is 2.16. The van der Waals surface area contributed by atoms with Crippen LogP contribution in [0.15, 0.2) is 18.3 Å². The number of nitrogen functional groups attached to an aromatic ring is 1. The minimum Gasteiger partial charge on any atom is -0.397 e. The molecule has 0 unspecified atom stereocenters. The summed E-state index contributed by atoms with van der Waals surface area (Å²) >= 11 is 0. The summed E-state index contributed by atoms with van der Waals surface area (Å²) in [6, 6.07) is 4.22. The van der Waals surface area contributed by atoms with Crippen LogP contribution in [-0.4, -0.2) is 30.8 Å². The molecule has 1 aliphatic heterocycles. The smallest absolute Gasteiger partial charge is 0.129 e. The van der Waals surface area contributed by atoms with Crippen molar-refractivity contribution in [3.8, 4) is 0 Å². The number of rotatable bonds is 1. The lowest BCUT2D eigenvalue weighted by molar-refractivity contribution is 0.0985. The Morgan fingerprint density at radius 2 is 2.43 bits per heavy atom. The first-order valence-electron chi connectivity index (χ1n) is 4.83. The summed E-state index contributed by atoms with van der Waals surface area (Å²) in [7, 11) is 0. The van der Waals surface area contributed by atoms with E-state index in [1.54, 1.807) is 6.20 Å². The molecule has 2 rings (SSSR count). The van der Waals surface area contributed by atoms with Crippen molar-refractivity contribution in [1.82, 2.24) is 4.98 Å². The van der Waals surface area contributed by atoms with Crippen LogP contribution in [0.1, 0.15) is 6.92 Å². The van der Waals surface area contributed by atoms with E-state index in [2.05, 4.69) is 16.8 Å². The zero-order valence-corrected chi connectivity index (χ0v) is 8.31. The first-order valence-corrected chi connectivity index (χ1v) is 4.83. The third-order valence-corrected chi connectivity index (χ3v) is 2.43. The van der Waals surface area contributed by atoms with E-state index in [9.17, 15) is 0 Å². The number of nitrogens with zero attached hydrogens (tertiary/aromatic N) is 2. The van der Waals surface area contributed by atoms with E-state index in [0.717, 1.165) is 25.6 Å². The van der Waals surface area contributed by atoms with Gasteiger partial charge in [-0.2, -0.15) is 0 Å². The van der Waals surface area contributed by atoms with Crippen molar-refractivity contribution >= 4 is 11.5 Å². The molecule has 1 aromatic rings. The van der Waals surface area contributed by atoms with Gasteiger partial charge in [0, 0.05) is 6.54 Å². The molecule has 2 N–H and O–H groups in total. The van der Waals surface area contributed by atoms with E-state index >= 15 is 0 Å². The number of ether oxygens (including phenoxy) is 1. The number of hydrogen-bond acceptors (Lipinski definition) is 4. The lowest BCUT2D eigenvalue weighted by Crippen LogP contribution is -2.44. The van der Waals surface area contributed by atoms with Gasteiger partial charge in [-0.3, -0.25) is 0 Å². The Labute approximate surface area is 83.7 Å². The van der Waals surface area contributed by atoms with Gasteiger partial charge >= 0.3 is 0 Å². The molecular weight excluding hydrogens is 178 g/mol. The third-order valence-electron chi connectivity index (χ3n) is 2.43. The van der Waals surface area contributed by atoms with E-state index in [4.69, 9.17) is 10.5 Å². The molecule has 1 aromatic heterocycles. The minimum absolute atomic E-state index is 0.389. The molecule has 1 fully saturated rings. The predicted molar refractivity (Wildman–Crippen MR) is 56.3 cm³/mol. The predicted octanol–water partition coefficient (Wildman–Crippen LogP) is 0.889. The fourth-order valence-electron chi connectivity index (χ4n) is 1.63. The molecule has 4 nitrogen and oxygen atoms in total. The normalized spacial score (nSPS) is 22.4. The van der Waals surface area contributed by atoms with Gasteiger partial charge in [0.25, 0.3) is 0 Å². The van der Waals surface area contributed by atoms with Gasteiger partial charge in [-0.15, -0.1) is 0 Å². The highest BCUT2D eigenvalue weighted by molar-refractivity contribution is 5.46. The Kier molecular flexibility index (Phi) is 2.54. The maximum Gasteiger partial charge on any atom is 0.129 e. The van der Waals surface area contributed by atoms with Crippen LogP contribution in [0, 0.1) is 0 Å². The molecule has 4 heteroatoms. The van der Waals surface area contributed by atoms with Crippen molar-refractivity contribution in [2.75, 3.05) is 30.4 Å². The van der Waals surface area contributed by atoms with E-state index in [1.807, 2.05) is 12.1 Å². The highest BCUT2D eigenvalue weighted by Crippen LogP contribution is 2.17. The van der Waals surface area contributed by atoms with Crippen LogP contribution in [0.5, 0.6) is 0 Å². The van der Waals surface area contributed by atoms with Crippen LogP contribution in [0.4, 0.5) is 11.5 Å². The SMILES string of the molecule is C[C@@H]1COCCN1c1ccc(N)cn1. The Morgan fingerprint density at radius 3 is 3.07 bits per heavy atom. The van der Waals surface area contributed by atoms with Gasteiger partial charge < -0.3 is 15.4 Å². The molecule has 0 aromatic carbocycles. The number of morpholine rings is 1. The molecule has 0 saturated carbocycles. The van der Waals surface area contributed by atoms with Crippen LogP contribution < -0.4 is 10.6 Å². The van der Waals surface area contributed by atoms with E-state index in [-0.39, 0.29) is 0 Å². The Hall–Kier alpha value is -1.29. The largest absolute Gasteiger partial charge is 0.397 e. The summed E-state index contributed by atoms with van der Waals surface area (Å²) < 4.78 is 5.36. The van der Waals surface area contributed by atoms with Crippen molar-refractivity contribution in [2.24, 2.45) is 0 Å². The fourth-order valence-corrected chi connectivity index (χ4v) is 1.63. The quantitative estimate of drug-likeness (QED) is 0.719. The number of nitrogens with two attached hydrogens (primary N) is 1. The van der Waals surface area contributed by atoms with Gasteiger partial charge in [-0.1, -0.05) is 0 Å². The van der Waals surface area contributed by atoms with Gasteiger partial charge in [-0.25, -0.2) is 4.98 Å². The monoisotopic (exact) mass is 193 g/mol. The summed E-state index contributed by atoms with van der Waals surface area (Å²) in [6.45, 7) is 4.58. The average Bonchev–Trinajstić information content (AvgIpc) is 2.20. The first-order chi connectivity index (χ1) is 6.77. The highest BCUT2D eigenvalue weighted by Gasteiger charge is 2.19. The maximum atomic E-state index is 5.59. The molecule has 0 radical (unpaired) electrons. The lowest BCUT2D eigenvalue weighted by atomic mass is 10.2. The van der Waals surface area contributed by atoms with Crippen molar-refractivity contribution in [2.45, 2.75) is 13.0 Å². The number of hydrogen-bond donors (Lipinski definition) is 1. The molecule has 0 bridgehead atoms. The average molecular weight is 193 g/mol. The van der Waals surface area contributed by atoms with Crippen molar-refractivity contribution in [3.63, 3.8) is 0 Å². The van der Waals surface area contributed by atoms with Crippen LogP contribution in [0.3, 0.4) is 0 Å². The Morgan fingerprint density at radius 1 is 1.57 bits per heavy atom. The summed E-state index contributed by atoms with van der Waals surface area (Å²) in [5.41, 5.74) is 6.29. The zero-order valence-electron chi connectivity index (χ0n) is 8.31. The second kappa shape index (κ2) is 3.84. The molecule has 0 spiro atoms. The molecule has 0 amide bonds. The van der Waals surface area contributed by atoms with Crippen LogP contribution in [0.2, 0.25) is 0 Å². The molecule has 2 heterocycles. The van der Waals surface area contributed by atoms with Crippen LogP contribution in [0.25, 0.3) is 0 Å². The molecular formula is C10H15N3O. The van der Waals surface area contributed by atoms with Crippen LogP contribution in [-0.2, 0) is 4.74 Å². The maximum absolute atomic E-state index is 5.59. The topological polar surface area (TPSA) is 51.4 Å². The van der Waals surface area contributed by atoms with Gasteiger partial charge in [0.15, 0.2) is 0 Å². The first kappa shape index (κ1) is 9.27. The molecule has 1 atom stereocenters. The third kappa shape index (κ3) is 1.80. The second-order valence-electron chi connectivity index (χ2n) is 3.57. The van der Waals surface area contributed by atoms with E-state index < -0.39 is 0 Å². The van der Waals surface area contributed by atoms with Gasteiger partial charge in [0.1, 0.15) is 5.82 Å². The molecule has 14 heavy (non-hydrogen) atoms. The van der Waals surface area contributed by atoms with Crippen molar-refractivity contribution in [1.29, 1.82) is 0 Å². The summed E-state index contributed by atoms with van der Waals surface area (Å²) in [6.07, 6.45) is 1.69. The fraction of sp³-hybridized carbons (Fsp3) is 0.500. The van der Waals surface area contributed by atoms with Crippen LogP contribution >= 0.6 is 0 Å². The Bertz CT molecular complexity index is 299. The molecule has 1 saturated heterocycles. The standard InChI is InChI=1S/C10H15N3O/c1-8-7-14-5-4-13(8)10-3-2-9(11)6-12-10/h2-3,6,8H,4-5,7,11H2,1H3/t8-/m1/s1. The number of pyridine rings is 1. The summed E-state index contributed by atoms with van der Waals surface area (Å²) in [5, 5.41) is 0. The minimum atomic E-state index is 0.389. The summed E-state index contributed by atoms with van der Waals surface area (Å²) in [5.74, 6) is 0.981.